The molecule has 1 aliphatic heterocycles. The molecule has 0 saturated carbocycles. The Hall–Kier alpha value is -1.51. The van der Waals surface area contributed by atoms with E-state index in [2.05, 4.69) is 0 Å². The minimum atomic E-state index is -0.0792. The van der Waals surface area contributed by atoms with Crippen molar-refractivity contribution in [2.24, 2.45) is 0 Å². The van der Waals surface area contributed by atoms with Crippen LogP contribution >= 0.6 is 0 Å². The van der Waals surface area contributed by atoms with Gasteiger partial charge in [-0.2, -0.15) is 0 Å². The Labute approximate surface area is 82.6 Å². The molecule has 0 aromatic heterocycles. The summed E-state index contributed by atoms with van der Waals surface area (Å²) in [5.41, 5.74) is 0.974. The zero-order valence-electron chi connectivity index (χ0n) is 8.24. The third-order valence-electron chi connectivity index (χ3n) is 2.51. The van der Waals surface area contributed by atoms with Gasteiger partial charge in [-0.05, 0) is 24.6 Å². The molecular weight excluding hydrogens is 180 g/mol. The zero-order valence-corrected chi connectivity index (χ0v) is 8.24. The van der Waals surface area contributed by atoms with Gasteiger partial charge in [0, 0.05) is 5.92 Å². The van der Waals surface area contributed by atoms with E-state index < -0.39 is 0 Å². The van der Waals surface area contributed by atoms with Crippen LogP contribution in [0, 0.1) is 0 Å². The van der Waals surface area contributed by atoms with Crippen LogP contribution < -0.4 is 9.47 Å². The number of hydrogen-bond donors (Lipinski definition) is 0. The second-order valence-corrected chi connectivity index (χ2v) is 3.45. The summed E-state index contributed by atoms with van der Waals surface area (Å²) in [5.74, 6) is 1.56. The van der Waals surface area contributed by atoms with Crippen LogP contribution in [0.5, 0.6) is 11.5 Å². The topological polar surface area (TPSA) is 35.5 Å². The van der Waals surface area contributed by atoms with E-state index >= 15 is 0 Å². The maximum Gasteiger partial charge on any atom is 0.231 e. The molecule has 0 spiro atoms. The van der Waals surface area contributed by atoms with Crippen molar-refractivity contribution in [3.05, 3.63) is 23.8 Å². The summed E-state index contributed by atoms with van der Waals surface area (Å²) in [6.07, 6.45) is 0. The molecule has 1 unspecified atom stereocenters. The van der Waals surface area contributed by atoms with Gasteiger partial charge in [-0.15, -0.1) is 0 Å². The van der Waals surface area contributed by atoms with E-state index in [4.69, 9.17) is 9.47 Å². The van der Waals surface area contributed by atoms with Crippen molar-refractivity contribution < 1.29 is 14.3 Å². The first kappa shape index (κ1) is 9.06. The molecule has 0 fully saturated rings. The fourth-order valence-corrected chi connectivity index (χ4v) is 1.42. The monoisotopic (exact) mass is 192 g/mol. The van der Waals surface area contributed by atoms with Crippen molar-refractivity contribution in [2.75, 3.05) is 6.79 Å². The van der Waals surface area contributed by atoms with Crippen LogP contribution in [-0.4, -0.2) is 12.6 Å². The van der Waals surface area contributed by atoms with Gasteiger partial charge in [0.2, 0.25) is 6.79 Å². The molecule has 0 aliphatic carbocycles. The summed E-state index contributed by atoms with van der Waals surface area (Å²) in [5, 5.41) is 0. The first-order valence-corrected chi connectivity index (χ1v) is 4.58. The van der Waals surface area contributed by atoms with E-state index in [9.17, 15) is 4.79 Å². The number of carbonyl (C=O) groups excluding carboxylic acids is 1. The molecule has 3 heteroatoms. The first-order valence-electron chi connectivity index (χ1n) is 4.58. The second-order valence-electron chi connectivity index (χ2n) is 3.45. The molecule has 1 aromatic carbocycles. The lowest BCUT2D eigenvalue weighted by molar-refractivity contribution is -0.118. The Morgan fingerprint density at radius 1 is 1.36 bits per heavy atom. The van der Waals surface area contributed by atoms with Crippen LogP contribution in [0.15, 0.2) is 18.2 Å². The predicted octanol–water partition coefficient (Wildman–Crippen LogP) is 2.11. The molecule has 1 aliphatic rings. The Morgan fingerprint density at radius 3 is 2.79 bits per heavy atom. The lowest BCUT2D eigenvalue weighted by Crippen LogP contribution is -2.03. The smallest absolute Gasteiger partial charge is 0.231 e. The molecule has 0 bridgehead atoms. The predicted molar refractivity (Wildman–Crippen MR) is 51.7 cm³/mol. The van der Waals surface area contributed by atoms with Gasteiger partial charge in [-0.25, -0.2) is 0 Å². The normalized spacial score (nSPS) is 15.3. The van der Waals surface area contributed by atoms with E-state index in [1.54, 1.807) is 6.92 Å². The van der Waals surface area contributed by atoms with E-state index in [0.29, 0.717) is 0 Å². The highest BCUT2D eigenvalue weighted by atomic mass is 16.7. The summed E-state index contributed by atoms with van der Waals surface area (Å²) in [4.78, 5) is 11.2. The fourth-order valence-electron chi connectivity index (χ4n) is 1.42. The molecule has 14 heavy (non-hydrogen) atoms. The van der Waals surface area contributed by atoms with Crippen LogP contribution in [0.1, 0.15) is 25.3 Å². The Kier molecular flexibility index (Phi) is 2.15. The number of Topliss-reactive ketones (excluding diaryl/α,β-unsaturated/α-hetero) is 1. The van der Waals surface area contributed by atoms with Crippen molar-refractivity contribution in [1.29, 1.82) is 0 Å². The number of benzene rings is 1. The van der Waals surface area contributed by atoms with E-state index in [-0.39, 0.29) is 18.5 Å². The molecule has 74 valence electrons. The van der Waals surface area contributed by atoms with Crippen molar-refractivity contribution in [3.8, 4) is 11.5 Å². The standard InChI is InChI=1S/C11H12O3/c1-7(8(2)12)9-3-4-10-11(5-9)14-6-13-10/h3-5,7H,6H2,1-2H3. The minimum absolute atomic E-state index is 0.0792. The third-order valence-corrected chi connectivity index (χ3v) is 2.51. The maximum absolute atomic E-state index is 11.2. The number of rotatable bonds is 2. The number of fused-ring (bicyclic) bond motifs is 1. The molecule has 2 rings (SSSR count). The molecule has 0 saturated heterocycles. The number of carbonyl (C=O) groups is 1. The highest BCUT2D eigenvalue weighted by Gasteiger charge is 2.17. The molecule has 0 radical (unpaired) electrons. The SMILES string of the molecule is CC(=O)C(C)c1ccc2c(c1)OCO2. The summed E-state index contributed by atoms with van der Waals surface area (Å²) in [6, 6.07) is 5.62. The van der Waals surface area contributed by atoms with Gasteiger partial charge in [-0.1, -0.05) is 13.0 Å². The van der Waals surface area contributed by atoms with Crippen LogP contribution in [0.25, 0.3) is 0 Å². The molecule has 1 atom stereocenters. The van der Waals surface area contributed by atoms with Crippen molar-refractivity contribution in [2.45, 2.75) is 19.8 Å². The van der Waals surface area contributed by atoms with Crippen molar-refractivity contribution in [3.63, 3.8) is 0 Å². The van der Waals surface area contributed by atoms with Crippen LogP contribution in [-0.2, 0) is 4.79 Å². The minimum Gasteiger partial charge on any atom is -0.454 e. The average molecular weight is 192 g/mol. The number of ether oxygens (including phenoxy) is 2. The highest BCUT2D eigenvalue weighted by Crippen LogP contribution is 2.34. The van der Waals surface area contributed by atoms with Gasteiger partial charge in [-0.3, -0.25) is 4.79 Å². The Balaban J connectivity index is 2.33. The number of ketones is 1. The van der Waals surface area contributed by atoms with Crippen LogP contribution in [0.3, 0.4) is 0 Å². The highest BCUT2D eigenvalue weighted by molar-refractivity contribution is 5.83. The van der Waals surface area contributed by atoms with Crippen LogP contribution in [0.4, 0.5) is 0 Å². The quantitative estimate of drug-likeness (QED) is 0.719. The molecule has 0 N–H and O–H groups in total. The summed E-state index contributed by atoms with van der Waals surface area (Å²) in [6.45, 7) is 3.75. The second kappa shape index (κ2) is 3.33. The maximum atomic E-state index is 11.2. The molecule has 1 heterocycles. The largest absolute Gasteiger partial charge is 0.454 e. The zero-order chi connectivity index (χ0) is 10.1. The molecule has 1 aromatic rings. The van der Waals surface area contributed by atoms with Gasteiger partial charge in [0.25, 0.3) is 0 Å². The number of hydrogen-bond acceptors (Lipinski definition) is 3. The van der Waals surface area contributed by atoms with Gasteiger partial charge < -0.3 is 9.47 Å². The van der Waals surface area contributed by atoms with Gasteiger partial charge in [0.1, 0.15) is 5.78 Å². The molecular formula is C11H12O3. The summed E-state index contributed by atoms with van der Waals surface area (Å²) in [7, 11) is 0. The fraction of sp³-hybridized carbons (Fsp3) is 0.364. The van der Waals surface area contributed by atoms with Crippen molar-refractivity contribution >= 4 is 5.78 Å². The average Bonchev–Trinajstić information content (AvgIpc) is 2.62. The molecule has 3 nitrogen and oxygen atoms in total. The molecule has 0 amide bonds. The summed E-state index contributed by atoms with van der Waals surface area (Å²) >= 11 is 0. The lowest BCUT2D eigenvalue weighted by atomic mass is 9.97. The van der Waals surface area contributed by atoms with E-state index in [1.807, 2.05) is 25.1 Å². The van der Waals surface area contributed by atoms with Gasteiger partial charge >= 0.3 is 0 Å². The van der Waals surface area contributed by atoms with Crippen molar-refractivity contribution in [1.82, 2.24) is 0 Å². The lowest BCUT2D eigenvalue weighted by Gasteiger charge is -2.08. The Morgan fingerprint density at radius 2 is 2.07 bits per heavy atom. The third kappa shape index (κ3) is 1.45. The first-order chi connectivity index (χ1) is 6.68. The van der Waals surface area contributed by atoms with E-state index in [1.165, 1.54) is 0 Å². The Bertz CT molecular complexity index is 371. The summed E-state index contributed by atoms with van der Waals surface area (Å²) < 4.78 is 10.4. The van der Waals surface area contributed by atoms with Gasteiger partial charge in [0.15, 0.2) is 11.5 Å². The van der Waals surface area contributed by atoms with Gasteiger partial charge in [0.05, 0.1) is 0 Å². The van der Waals surface area contributed by atoms with Crippen LogP contribution in [0.2, 0.25) is 0 Å². The van der Waals surface area contributed by atoms with E-state index in [0.717, 1.165) is 17.1 Å².